The lowest BCUT2D eigenvalue weighted by Crippen LogP contribution is -2.29. The van der Waals surface area contributed by atoms with Crippen molar-refractivity contribution in [1.29, 1.82) is 0 Å². The minimum atomic E-state index is -0.0846. The van der Waals surface area contributed by atoms with Crippen LogP contribution in [0.15, 0.2) is 39.4 Å². The summed E-state index contributed by atoms with van der Waals surface area (Å²) in [5, 5.41) is 0.717. The third-order valence-corrected chi connectivity index (χ3v) is 3.70. The molecule has 0 aliphatic carbocycles. The first-order chi connectivity index (χ1) is 8.61. The molecular formula is C13H14BrClN2O. The van der Waals surface area contributed by atoms with Crippen molar-refractivity contribution in [2.45, 2.75) is 19.4 Å². The summed E-state index contributed by atoms with van der Waals surface area (Å²) in [7, 11) is 0. The lowest BCUT2D eigenvalue weighted by molar-refractivity contribution is 0.413. The summed E-state index contributed by atoms with van der Waals surface area (Å²) >= 11 is 9.59. The molecule has 1 aromatic carbocycles. The number of rotatable bonds is 4. The van der Waals surface area contributed by atoms with Crippen LogP contribution in [0.25, 0.3) is 0 Å². The van der Waals surface area contributed by atoms with Gasteiger partial charge in [-0.2, -0.15) is 0 Å². The number of aryl methyl sites for hydroxylation is 1. The Balaban J connectivity index is 2.23. The van der Waals surface area contributed by atoms with Crippen molar-refractivity contribution in [3.8, 4) is 0 Å². The molecule has 2 rings (SSSR count). The van der Waals surface area contributed by atoms with Crippen LogP contribution in [0.4, 0.5) is 0 Å². The number of hydrazine groups is 1. The molecule has 5 heteroatoms. The quantitative estimate of drug-likeness (QED) is 0.663. The second-order valence-corrected chi connectivity index (χ2v) is 5.45. The predicted octanol–water partition coefficient (Wildman–Crippen LogP) is 3.75. The summed E-state index contributed by atoms with van der Waals surface area (Å²) in [6, 6.07) is 7.65. The van der Waals surface area contributed by atoms with Gasteiger partial charge in [-0.05, 0) is 42.7 Å². The predicted molar refractivity (Wildman–Crippen MR) is 76.4 cm³/mol. The first kappa shape index (κ1) is 13.6. The Labute approximate surface area is 119 Å². The van der Waals surface area contributed by atoms with Crippen LogP contribution >= 0.6 is 27.5 Å². The van der Waals surface area contributed by atoms with E-state index >= 15 is 0 Å². The van der Waals surface area contributed by atoms with Gasteiger partial charge in [-0.15, -0.1) is 0 Å². The highest BCUT2D eigenvalue weighted by molar-refractivity contribution is 9.10. The van der Waals surface area contributed by atoms with Gasteiger partial charge in [-0.1, -0.05) is 33.6 Å². The summed E-state index contributed by atoms with van der Waals surface area (Å²) in [6.07, 6.45) is 2.34. The normalized spacial score (nSPS) is 12.7. The van der Waals surface area contributed by atoms with E-state index in [9.17, 15) is 0 Å². The van der Waals surface area contributed by atoms with Crippen LogP contribution < -0.4 is 11.3 Å². The van der Waals surface area contributed by atoms with Gasteiger partial charge >= 0.3 is 0 Å². The highest BCUT2D eigenvalue weighted by atomic mass is 79.9. The molecule has 0 amide bonds. The van der Waals surface area contributed by atoms with Gasteiger partial charge in [0, 0.05) is 9.50 Å². The lowest BCUT2D eigenvalue weighted by atomic mass is 10.0. The van der Waals surface area contributed by atoms with Crippen LogP contribution in [0, 0.1) is 6.92 Å². The molecule has 1 atom stereocenters. The number of benzene rings is 1. The third-order valence-electron chi connectivity index (χ3n) is 2.86. The summed E-state index contributed by atoms with van der Waals surface area (Å²) in [4.78, 5) is 0. The minimum absolute atomic E-state index is 0.0846. The molecule has 0 bridgehead atoms. The van der Waals surface area contributed by atoms with Crippen LogP contribution in [0.1, 0.15) is 22.9 Å². The van der Waals surface area contributed by atoms with Gasteiger partial charge in [0.25, 0.3) is 0 Å². The molecular weight excluding hydrogens is 316 g/mol. The largest absolute Gasteiger partial charge is 0.467 e. The molecule has 1 aromatic heterocycles. The molecule has 0 saturated heterocycles. The Hall–Kier alpha value is -0.810. The molecule has 96 valence electrons. The van der Waals surface area contributed by atoms with Gasteiger partial charge < -0.3 is 4.42 Å². The van der Waals surface area contributed by atoms with Crippen molar-refractivity contribution in [3.05, 3.63) is 56.9 Å². The fraction of sp³-hybridized carbons (Fsp3) is 0.231. The maximum absolute atomic E-state index is 6.20. The van der Waals surface area contributed by atoms with E-state index in [1.165, 1.54) is 0 Å². The molecule has 3 nitrogen and oxygen atoms in total. The van der Waals surface area contributed by atoms with Crippen molar-refractivity contribution in [3.63, 3.8) is 0 Å². The van der Waals surface area contributed by atoms with E-state index in [0.717, 1.165) is 21.4 Å². The Bertz CT molecular complexity index is 542. The maximum Gasteiger partial charge on any atom is 0.125 e. The van der Waals surface area contributed by atoms with Crippen molar-refractivity contribution >= 4 is 27.5 Å². The number of furan rings is 1. The zero-order valence-electron chi connectivity index (χ0n) is 9.91. The Morgan fingerprint density at radius 2 is 2.22 bits per heavy atom. The van der Waals surface area contributed by atoms with E-state index in [1.807, 2.05) is 31.2 Å². The SMILES string of the molecule is Cc1ccoc1C(Cc1ccc(Br)cc1Cl)NN. The highest BCUT2D eigenvalue weighted by Gasteiger charge is 2.17. The second kappa shape index (κ2) is 5.89. The molecule has 0 aliphatic rings. The average molecular weight is 330 g/mol. The molecule has 2 aromatic rings. The number of hydrogen-bond acceptors (Lipinski definition) is 3. The smallest absolute Gasteiger partial charge is 0.125 e. The van der Waals surface area contributed by atoms with Gasteiger partial charge in [0.1, 0.15) is 5.76 Å². The Kier molecular flexibility index (Phi) is 4.45. The van der Waals surface area contributed by atoms with Gasteiger partial charge in [-0.3, -0.25) is 5.84 Å². The third kappa shape index (κ3) is 2.95. The van der Waals surface area contributed by atoms with Crippen molar-refractivity contribution in [2.24, 2.45) is 5.84 Å². The molecule has 0 fully saturated rings. The van der Waals surface area contributed by atoms with Crippen LogP contribution in [0.5, 0.6) is 0 Å². The summed E-state index contributed by atoms with van der Waals surface area (Å²) in [5.41, 5.74) is 4.87. The molecule has 3 N–H and O–H groups in total. The molecule has 18 heavy (non-hydrogen) atoms. The minimum Gasteiger partial charge on any atom is -0.467 e. The zero-order chi connectivity index (χ0) is 13.1. The molecule has 1 heterocycles. The van der Waals surface area contributed by atoms with Gasteiger partial charge in [0.15, 0.2) is 0 Å². The van der Waals surface area contributed by atoms with Crippen LogP contribution in [-0.2, 0) is 6.42 Å². The van der Waals surface area contributed by atoms with E-state index in [2.05, 4.69) is 21.4 Å². The molecule has 0 aliphatic heterocycles. The topological polar surface area (TPSA) is 51.2 Å². The number of nitrogens with one attached hydrogen (secondary N) is 1. The Morgan fingerprint density at radius 1 is 1.44 bits per heavy atom. The number of hydrogen-bond donors (Lipinski definition) is 2. The fourth-order valence-corrected chi connectivity index (χ4v) is 2.63. The summed E-state index contributed by atoms with van der Waals surface area (Å²) in [5.74, 6) is 6.44. The highest BCUT2D eigenvalue weighted by Crippen LogP contribution is 2.27. The summed E-state index contributed by atoms with van der Waals surface area (Å²) in [6.45, 7) is 1.99. The van der Waals surface area contributed by atoms with E-state index in [0.29, 0.717) is 11.4 Å². The molecule has 0 saturated carbocycles. The van der Waals surface area contributed by atoms with E-state index < -0.39 is 0 Å². The van der Waals surface area contributed by atoms with Crippen LogP contribution in [0.2, 0.25) is 5.02 Å². The first-order valence-electron chi connectivity index (χ1n) is 5.56. The number of nitrogens with two attached hydrogens (primary N) is 1. The molecule has 0 spiro atoms. The van der Waals surface area contributed by atoms with Crippen LogP contribution in [-0.4, -0.2) is 0 Å². The van der Waals surface area contributed by atoms with Crippen molar-refractivity contribution in [1.82, 2.24) is 5.43 Å². The van der Waals surface area contributed by atoms with Crippen molar-refractivity contribution in [2.75, 3.05) is 0 Å². The lowest BCUT2D eigenvalue weighted by Gasteiger charge is -2.15. The van der Waals surface area contributed by atoms with Gasteiger partial charge in [0.2, 0.25) is 0 Å². The van der Waals surface area contributed by atoms with E-state index in [4.69, 9.17) is 21.9 Å². The van der Waals surface area contributed by atoms with Gasteiger partial charge in [-0.25, -0.2) is 5.43 Å². The average Bonchev–Trinajstić information content (AvgIpc) is 2.75. The standard InChI is InChI=1S/C13H14BrClN2O/c1-8-4-5-18-13(8)12(17-16)6-9-2-3-10(14)7-11(9)15/h2-5,7,12,17H,6,16H2,1H3. The second-order valence-electron chi connectivity index (χ2n) is 4.13. The number of halogens is 2. The van der Waals surface area contributed by atoms with Gasteiger partial charge in [0.05, 0.1) is 12.3 Å². The monoisotopic (exact) mass is 328 g/mol. The molecule has 1 unspecified atom stereocenters. The van der Waals surface area contributed by atoms with E-state index in [1.54, 1.807) is 6.26 Å². The summed E-state index contributed by atoms with van der Waals surface area (Å²) < 4.78 is 6.42. The maximum atomic E-state index is 6.20. The first-order valence-corrected chi connectivity index (χ1v) is 6.73. The van der Waals surface area contributed by atoms with Crippen LogP contribution in [0.3, 0.4) is 0 Å². The van der Waals surface area contributed by atoms with E-state index in [-0.39, 0.29) is 6.04 Å². The Morgan fingerprint density at radius 3 is 2.78 bits per heavy atom. The fourth-order valence-electron chi connectivity index (χ4n) is 1.88. The zero-order valence-corrected chi connectivity index (χ0v) is 12.3. The van der Waals surface area contributed by atoms with Crippen molar-refractivity contribution < 1.29 is 4.42 Å². The molecule has 0 radical (unpaired) electrons.